The van der Waals surface area contributed by atoms with Gasteiger partial charge in [0.2, 0.25) is 0 Å². The molecule has 0 amide bonds. The molecule has 2 fully saturated rings. The Morgan fingerprint density at radius 1 is 1.07 bits per heavy atom. The van der Waals surface area contributed by atoms with Crippen LogP contribution in [0, 0.1) is 11.3 Å². The predicted molar refractivity (Wildman–Crippen MR) is 64.9 cm³/mol. The highest BCUT2D eigenvalue weighted by atomic mass is 32.1. The zero-order valence-electron chi connectivity index (χ0n) is 9.47. The molecule has 0 spiro atoms. The van der Waals surface area contributed by atoms with Crippen molar-refractivity contribution >= 4 is 13.5 Å². The lowest BCUT2D eigenvalue weighted by molar-refractivity contribution is -0.0133. The third-order valence-electron chi connectivity index (χ3n) is 4.20. The normalized spacial score (nSPS) is 34.1. The van der Waals surface area contributed by atoms with Gasteiger partial charge in [-0.3, -0.25) is 0 Å². The van der Waals surface area contributed by atoms with E-state index in [1.807, 2.05) is 0 Å². The minimum absolute atomic E-state index is 0. The fourth-order valence-electron chi connectivity index (χ4n) is 3.29. The molecule has 0 aromatic rings. The van der Waals surface area contributed by atoms with Gasteiger partial charge >= 0.3 is 0 Å². The monoisotopic (exact) mass is 216 g/mol. The van der Waals surface area contributed by atoms with Gasteiger partial charge in [-0.15, -0.1) is 0 Å². The van der Waals surface area contributed by atoms with E-state index >= 15 is 0 Å². The van der Waals surface area contributed by atoms with Crippen LogP contribution in [0.1, 0.15) is 58.8 Å². The van der Waals surface area contributed by atoms with Crippen LogP contribution in [0.5, 0.6) is 0 Å². The lowest BCUT2D eigenvalue weighted by Crippen LogP contribution is -2.33. The second-order valence-electron chi connectivity index (χ2n) is 5.91. The molecule has 2 aliphatic carbocycles. The van der Waals surface area contributed by atoms with Crippen molar-refractivity contribution in [1.29, 1.82) is 0 Å². The summed E-state index contributed by atoms with van der Waals surface area (Å²) in [7, 11) is 0. The number of aliphatic hydroxyl groups is 1. The summed E-state index contributed by atoms with van der Waals surface area (Å²) >= 11 is 0. The Morgan fingerprint density at radius 2 is 1.64 bits per heavy atom. The Bertz CT molecular complexity index is 194. The van der Waals surface area contributed by atoms with E-state index in [9.17, 15) is 5.11 Å². The first-order valence-electron chi connectivity index (χ1n) is 5.74. The largest absolute Gasteiger partial charge is 0.390 e. The average Bonchev–Trinajstić information content (AvgIpc) is 2.58. The highest BCUT2D eigenvalue weighted by Gasteiger charge is 2.44. The fraction of sp³-hybridized carbons (Fsp3) is 1.00. The van der Waals surface area contributed by atoms with E-state index < -0.39 is 0 Å². The summed E-state index contributed by atoms with van der Waals surface area (Å²) in [5, 5.41) is 10.4. The molecular weight excluding hydrogens is 192 g/mol. The maximum atomic E-state index is 10.4. The quantitative estimate of drug-likeness (QED) is 0.713. The first-order chi connectivity index (χ1) is 6.02. The first kappa shape index (κ1) is 12.4. The molecule has 0 aromatic heterocycles. The van der Waals surface area contributed by atoms with Gasteiger partial charge in [0, 0.05) is 0 Å². The fourth-order valence-corrected chi connectivity index (χ4v) is 3.29. The second kappa shape index (κ2) is 4.05. The third-order valence-corrected chi connectivity index (χ3v) is 4.20. The number of hydrogen-bond acceptors (Lipinski definition) is 1. The van der Waals surface area contributed by atoms with Gasteiger partial charge in [-0.25, -0.2) is 0 Å². The Kier molecular flexibility index (Phi) is 3.58. The smallest absolute Gasteiger partial charge is 0.0676 e. The molecular formula is C12H24OS. The van der Waals surface area contributed by atoms with Crippen molar-refractivity contribution in [2.24, 2.45) is 11.3 Å². The molecule has 14 heavy (non-hydrogen) atoms. The molecule has 1 N–H and O–H groups in total. The van der Waals surface area contributed by atoms with Crippen LogP contribution < -0.4 is 0 Å². The summed E-state index contributed by atoms with van der Waals surface area (Å²) < 4.78 is 0. The molecule has 84 valence electrons. The van der Waals surface area contributed by atoms with E-state index in [2.05, 4.69) is 13.8 Å². The first-order valence-corrected chi connectivity index (χ1v) is 5.74. The van der Waals surface area contributed by atoms with Crippen molar-refractivity contribution in [3.05, 3.63) is 0 Å². The maximum absolute atomic E-state index is 10.4. The highest BCUT2D eigenvalue weighted by Crippen LogP contribution is 2.50. The van der Waals surface area contributed by atoms with Crippen molar-refractivity contribution in [2.45, 2.75) is 64.4 Å². The summed E-state index contributed by atoms with van der Waals surface area (Å²) in [6.45, 7) is 4.68. The van der Waals surface area contributed by atoms with Crippen LogP contribution >= 0.6 is 13.5 Å². The predicted octanol–water partition coefficient (Wildman–Crippen LogP) is 3.23. The van der Waals surface area contributed by atoms with Crippen molar-refractivity contribution in [1.82, 2.24) is 0 Å². The van der Waals surface area contributed by atoms with Gasteiger partial charge in [0.1, 0.15) is 0 Å². The maximum Gasteiger partial charge on any atom is 0.0676 e. The standard InChI is InChI=1S/C12H22O.H2S/c1-11(2)8-5-10(9-11)12(13)6-3-4-7-12;/h10,13H,3-9H2,1-2H3;1H2/t10-;/m0./s1. The molecule has 2 heteroatoms. The van der Waals surface area contributed by atoms with E-state index in [4.69, 9.17) is 0 Å². The lowest BCUT2D eigenvalue weighted by Gasteiger charge is -2.30. The Morgan fingerprint density at radius 3 is 2.07 bits per heavy atom. The number of rotatable bonds is 1. The van der Waals surface area contributed by atoms with Crippen LogP contribution in [0.15, 0.2) is 0 Å². The topological polar surface area (TPSA) is 20.2 Å². The van der Waals surface area contributed by atoms with E-state index in [0.717, 1.165) is 12.8 Å². The van der Waals surface area contributed by atoms with E-state index in [1.54, 1.807) is 0 Å². The van der Waals surface area contributed by atoms with Crippen molar-refractivity contribution in [2.75, 3.05) is 0 Å². The van der Waals surface area contributed by atoms with Gasteiger partial charge in [0.25, 0.3) is 0 Å². The molecule has 0 heterocycles. The second-order valence-corrected chi connectivity index (χ2v) is 5.91. The molecule has 0 bridgehead atoms. The summed E-state index contributed by atoms with van der Waals surface area (Å²) in [5.41, 5.74) is 0.219. The summed E-state index contributed by atoms with van der Waals surface area (Å²) in [6, 6.07) is 0. The Labute approximate surface area is 94.7 Å². The van der Waals surface area contributed by atoms with Crippen molar-refractivity contribution < 1.29 is 5.11 Å². The van der Waals surface area contributed by atoms with Crippen LogP contribution in [0.2, 0.25) is 0 Å². The van der Waals surface area contributed by atoms with E-state index in [0.29, 0.717) is 11.3 Å². The lowest BCUT2D eigenvalue weighted by atomic mass is 9.81. The van der Waals surface area contributed by atoms with Gasteiger partial charge in [-0.2, -0.15) is 13.5 Å². The minimum atomic E-state index is -0.270. The van der Waals surface area contributed by atoms with E-state index in [1.165, 1.54) is 32.1 Å². The van der Waals surface area contributed by atoms with Crippen LogP contribution in [-0.2, 0) is 0 Å². The van der Waals surface area contributed by atoms with Gasteiger partial charge < -0.3 is 5.11 Å². The van der Waals surface area contributed by atoms with Gasteiger partial charge in [0.05, 0.1) is 5.60 Å². The van der Waals surface area contributed by atoms with Crippen LogP contribution in [0.3, 0.4) is 0 Å². The molecule has 0 aromatic carbocycles. The molecule has 0 unspecified atom stereocenters. The molecule has 0 radical (unpaired) electrons. The Hall–Kier alpha value is 0.310. The van der Waals surface area contributed by atoms with Crippen molar-refractivity contribution in [3.8, 4) is 0 Å². The van der Waals surface area contributed by atoms with Gasteiger partial charge in [-0.1, -0.05) is 26.7 Å². The zero-order chi connectivity index (χ0) is 9.53. The summed E-state index contributed by atoms with van der Waals surface area (Å²) in [6.07, 6.45) is 8.41. The zero-order valence-corrected chi connectivity index (χ0v) is 10.5. The van der Waals surface area contributed by atoms with Crippen molar-refractivity contribution in [3.63, 3.8) is 0 Å². The number of hydrogen-bond donors (Lipinski definition) is 1. The third kappa shape index (κ3) is 2.27. The molecule has 2 rings (SSSR count). The van der Waals surface area contributed by atoms with Gasteiger partial charge in [0.15, 0.2) is 0 Å². The SMILES string of the molecule is CC1(C)CC[C@H](C2(O)CCCC2)C1.S. The average molecular weight is 216 g/mol. The molecule has 2 saturated carbocycles. The summed E-state index contributed by atoms with van der Waals surface area (Å²) in [5.74, 6) is 0.602. The van der Waals surface area contributed by atoms with Crippen LogP contribution in [0.4, 0.5) is 0 Å². The minimum Gasteiger partial charge on any atom is -0.390 e. The van der Waals surface area contributed by atoms with Crippen LogP contribution in [0.25, 0.3) is 0 Å². The summed E-state index contributed by atoms with van der Waals surface area (Å²) in [4.78, 5) is 0. The molecule has 2 aliphatic rings. The molecule has 1 nitrogen and oxygen atoms in total. The Balaban J connectivity index is 0.000000980. The van der Waals surface area contributed by atoms with E-state index in [-0.39, 0.29) is 19.1 Å². The highest BCUT2D eigenvalue weighted by molar-refractivity contribution is 7.59. The molecule has 1 atom stereocenters. The molecule has 0 saturated heterocycles. The molecule has 0 aliphatic heterocycles. The van der Waals surface area contributed by atoms with Gasteiger partial charge in [-0.05, 0) is 43.4 Å². The van der Waals surface area contributed by atoms with Crippen LogP contribution in [-0.4, -0.2) is 10.7 Å².